The molecular formula is C17H25F3O5SSi. The Labute approximate surface area is 159 Å². The fourth-order valence-electron chi connectivity index (χ4n) is 3.57. The van der Waals surface area contributed by atoms with E-state index in [0.717, 1.165) is 0 Å². The summed E-state index contributed by atoms with van der Waals surface area (Å²) in [5.41, 5.74) is -1.24. The van der Waals surface area contributed by atoms with Crippen LogP contribution in [0, 0.1) is 11.5 Å². The van der Waals surface area contributed by atoms with Crippen LogP contribution in [-0.2, 0) is 23.8 Å². The highest BCUT2D eigenvalue weighted by molar-refractivity contribution is 7.87. The van der Waals surface area contributed by atoms with Crippen molar-refractivity contribution in [2.24, 2.45) is 0 Å². The van der Waals surface area contributed by atoms with Crippen molar-refractivity contribution in [1.82, 2.24) is 0 Å². The quantitative estimate of drug-likeness (QED) is 0.209. The van der Waals surface area contributed by atoms with Gasteiger partial charge in [0.05, 0.1) is 12.5 Å². The second kappa shape index (κ2) is 8.27. The van der Waals surface area contributed by atoms with Crippen molar-refractivity contribution in [3.05, 3.63) is 11.8 Å². The molecule has 1 rings (SSSR count). The Morgan fingerprint density at radius 3 is 2.04 bits per heavy atom. The van der Waals surface area contributed by atoms with Crippen LogP contribution in [0.1, 0.15) is 48.0 Å². The summed E-state index contributed by atoms with van der Waals surface area (Å²) in [6.45, 7) is 12.6. The number of hydrogen-bond acceptors (Lipinski definition) is 5. The molecule has 1 heterocycles. The van der Waals surface area contributed by atoms with E-state index in [1.165, 1.54) is 0 Å². The highest BCUT2D eigenvalue weighted by Crippen LogP contribution is 2.40. The molecule has 1 atom stereocenters. The molecule has 0 bridgehead atoms. The number of carbonyl (C=O) groups is 1. The summed E-state index contributed by atoms with van der Waals surface area (Å²) in [5, 5.41) is 0. The van der Waals surface area contributed by atoms with Gasteiger partial charge in [-0.2, -0.15) is 21.6 Å². The van der Waals surface area contributed by atoms with Crippen molar-refractivity contribution in [3.63, 3.8) is 0 Å². The Morgan fingerprint density at radius 1 is 1.15 bits per heavy atom. The lowest BCUT2D eigenvalue weighted by Gasteiger charge is -2.38. The van der Waals surface area contributed by atoms with E-state index < -0.39 is 41.5 Å². The predicted molar refractivity (Wildman–Crippen MR) is 97.5 cm³/mol. The summed E-state index contributed by atoms with van der Waals surface area (Å²) in [6, 6.07) is 0. The number of rotatable bonds is 6. The summed E-state index contributed by atoms with van der Waals surface area (Å²) >= 11 is 0. The average molecular weight is 427 g/mol. The Bertz CT molecular complexity index is 736. The van der Waals surface area contributed by atoms with E-state index in [2.05, 4.69) is 57.2 Å². The van der Waals surface area contributed by atoms with Crippen molar-refractivity contribution in [1.29, 1.82) is 0 Å². The molecule has 0 radical (unpaired) electrons. The van der Waals surface area contributed by atoms with E-state index >= 15 is 0 Å². The molecule has 1 unspecified atom stereocenters. The molecule has 0 aromatic carbocycles. The maximum absolute atomic E-state index is 12.5. The normalized spacial score (nSPS) is 18.4. The van der Waals surface area contributed by atoms with Gasteiger partial charge in [-0.15, -0.1) is 11.5 Å². The van der Waals surface area contributed by atoms with Crippen LogP contribution in [0.4, 0.5) is 13.2 Å². The molecule has 0 fully saturated rings. The van der Waals surface area contributed by atoms with Gasteiger partial charge in [0.25, 0.3) is 0 Å². The summed E-state index contributed by atoms with van der Waals surface area (Å²) < 4.78 is 68.8. The Hall–Kier alpha value is -1.47. The number of esters is 1. The number of ether oxygens (including phenoxy) is 1. The molecule has 0 amide bonds. The zero-order valence-electron chi connectivity index (χ0n) is 16.2. The lowest BCUT2D eigenvalue weighted by Crippen LogP contribution is -2.43. The van der Waals surface area contributed by atoms with E-state index in [4.69, 9.17) is 4.74 Å². The minimum atomic E-state index is -5.87. The molecule has 0 spiro atoms. The number of carbonyl (C=O) groups excluding carboxylic acids is 1. The zero-order chi connectivity index (χ0) is 21.2. The average Bonchev–Trinajstić information content (AvgIpc) is 2.80. The summed E-state index contributed by atoms with van der Waals surface area (Å²) in [6.07, 6.45) is -0.806. The van der Waals surface area contributed by atoms with Crippen molar-refractivity contribution >= 4 is 24.2 Å². The van der Waals surface area contributed by atoms with Gasteiger partial charge in [0, 0.05) is 0 Å². The van der Waals surface area contributed by atoms with E-state index in [-0.39, 0.29) is 6.42 Å². The zero-order valence-corrected chi connectivity index (χ0v) is 18.0. The summed E-state index contributed by atoms with van der Waals surface area (Å²) in [5.74, 6) is 1.26. The fourth-order valence-corrected chi connectivity index (χ4v) is 9.34. The third kappa shape index (κ3) is 5.07. The number of alkyl halides is 3. The lowest BCUT2D eigenvalue weighted by atomic mass is 10.2. The van der Waals surface area contributed by atoms with Crippen molar-refractivity contribution in [2.75, 3.05) is 0 Å². The maximum atomic E-state index is 12.5. The summed E-state index contributed by atoms with van der Waals surface area (Å²) in [7, 11) is -7.95. The van der Waals surface area contributed by atoms with Gasteiger partial charge in [0.2, 0.25) is 0 Å². The Kier molecular flexibility index (Phi) is 7.21. The lowest BCUT2D eigenvalue weighted by molar-refractivity contribution is -0.139. The standard InChI is InChI=1S/C17H25F3O5SSi/c1-11(2)27(12(3)4,13(5)6)9-7-8-14-15(10-16(21)24-14)25-26(22,23)17(18,19)20/h10-14H,8H2,1-6H3. The van der Waals surface area contributed by atoms with Gasteiger partial charge < -0.3 is 8.92 Å². The number of hydrogen-bond donors (Lipinski definition) is 0. The molecule has 0 saturated carbocycles. The molecule has 0 aliphatic carbocycles. The third-order valence-corrected chi connectivity index (χ3v) is 12.1. The first kappa shape index (κ1) is 23.6. The van der Waals surface area contributed by atoms with E-state index in [9.17, 15) is 26.4 Å². The molecule has 0 aromatic heterocycles. The molecule has 1 aliphatic rings. The van der Waals surface area contributed by atoms with Crippen molar-refractivity contribution in [3.8, 4) is 11.5 Å². The monoisotopic (exact) mass is 426 g/mol. The first-order chi connectivity index (χ1) is 12.1. The van der Waals surface area contributed by atoms with Gasteiger partial charge in [-0.3, -0.25) is 0 Å². The van der Waals surface area contributed by atoms with Crippen LogP contribution in [0.2, 0.25) is 16.6 Å². The van der Waals surface area contributed by atoms with Gasteiger partial charge in [0.15, 0.2) is 11.9 Å². The van der Waals surface area contributed by atoms with Gasteiger partial charge >= 0.3 is 21.6 Å². The molecule has 154 valence electrons. The van der Waals surface area contributed by atoms with Gasteiger partial charge in [-0.25, -0.2) is 4.79 Å². The fraction of sp³-hybridized carbons (Fsp3) is 0.706. The van der Waals surface area contributed by atoms with Gasteiger partial charge in [-0.05, 0) is 16.6 Å². The second-order valence-corrected chi connectivity index (χ2v) is 14.5. The smallest absolute Gasteiger partial charge is 0.450 e. The minimum Gasteiger partial charge on any atom is -0.450 e. The van der Waals surface area contributed by atoms with Crippen LogP contribution in [0.3, 0.4) is 0 Å². The van der Waals surface area contributed by atoms with Crippen LogP contribution in [-0.4, -0.2) is 34.1 Å². The van der Waals surface area contributed by atoms with Crippen molar-refractivity contribution in [2.45, 2.75) is 76.2 Å². The SMILES string of the molecule is CC(C)[Si](C#CCC1OC(=O)C=C1OS(=O)(=O)C(F)(F)F)(C(C)C)C(C)C. The molecule has 1 aliphatic heterocycles. The van der Waals surface area contributed by atoms with Crippen LogP contribution in [0.5, 0.6) is 0 Å². The second-order valence-electron chi connectivity index (χ2n) is 7.36. The first-order valence-electron chi connectivity index (χ1n) is 8.58. The van der Waals surface area contributed by atoms with Crippen LogP contribution >= 0.6 is 0 Å². The molecule has 0 saturated heterocycles. The molecule has 27 heavy (non-hydrogen) atoms. The van der Waals surface area contributed by atoms with E-state index in [1.807, 2.05) is 0 Å². The van der Waals surface area contributed by atoms with Gasteiger partial charge in [0.1, 0.15) is 8.07 Å². The largest absolute Gasteiger partial charge is 0.534 e. The highest BCUT2D eigenvalue weighted by atomic mass is 32.2. The number of cyclic esters (lactones) is 1. The Morgan fingerprint density at radius 2 is 1.63 bits per heavy atom. The third-order valence-electron chi connectivity index (χ3n) is 4.78. The van der Waals surface area contributed by atoms with Crippen LogP contribution in [0.25, 0.3) is 0 Å². The maximum Gasteiger partial charge on any atom is 0.534 e. The summed E-state index contributed by atoms with van der Waals surface area (Å²) in [4.78, 5) is 11.4. The molecular weight excluding hydrogens is 401 g/mol. The Balaban J connectivity index is 3.08. The van der Waals surface area contributed by atoms with E-state index in [0.29, 0.717) is 22.7 Å². The van der Waals surface area contributed by atoms with E-state index in [1.54, 1.807) is 0 Å². The van der Waals surface area contributed by atoms with Gasteiger partial charge in [-0.1, -0.05) is 41.5 Å². The first-order valence-corrected chi connectivity index (χ1v) is 12.2. The molecule has 10 heteroatoms. The number of halogens is 3. The molecule has 5 nitrogen and oxygen atoms in total. The highest BCUT2D eigenvalue weighted by Gasteiger charge is 2.50. The van der Waals surface area contributed by atoms with Crippen LogP contribution in [0.15, 0.2) is 11.8 Å². The minimum absolute atomic E-state index is 0.133. The molecule has 0 N–H and O–H groups in total. The van der Waals surface area contributed by atoms with Crippen molar-refractivity contribution < 1.29 is 35.3 Å². The predicted octanol–water partition coefficient (Wildman–Crippen LogP) is 4.27. The van der Waals surface area contributed by atoms with Crippen LogP contribution < -0.4 is 0 Å². The molecule has 0 aromatic rings. The topological polar surface area (TPSA) is 69.7 Å².